The molecule has 0 aromatic heterocycles. The van der Waals surface area contributed by atoms with Crippen LogP contribution in [-0.4, -0.2) is 43.5 Å². The summed E-state index contributed by atoms with van der Waals surface area (Å²) in [5, 5.41) is 3.67. The van der Waals surface area contributed by atoms with Crippen molar-refractivity contribution in [1.82, 2.24) is 5.32 Å². The molecule has 1 saturated carbocycles. The third-order valence-electron chi connectivity index (χ3n) is 7.13. The maximum absolute atomic E-state index is 14.6. The van der Waals surface area contributed by atoms with Gasteiger partial charge < -0.3 is 14.8 Å². The van der Waals surface area contributed by atoms with Crippen LogP contribution in [0.4, 0.5) is 4.39 Å². The average molecular weight is 468 g/mol. The Labute approximate surface area is 193 Å². The minimum Gasteiger partial charge on any atom is -0.465 e. The lowest BCUT2D eigenvalue weighted by molar-refractivity contribution is -0.179. The fourth-order valence-electron chi connectivity index (χ4n) is 5.42. The van der Waals surface area contributed by atoms with Crippen molar-refractivity contribution in [2.24, 2.45) is 17.3 Å². The number of benzene rings is 1. The smallest absolute Gasteiger partial charge is 0.324 e. The van der Waals surface area contributed by atoms with Crippen LogP contribution in [0.1, 0.15) is 52.5 Å². The first kappa shape index (κ1) is 24.6. The van der Waals surface area contributed by atoms with E-state index in [2.05, 4.69) is 5.32 Å². The van der Waals surface area contributed by atoms with Crippen LogP contribution >= 0.6 is 11.6 Å². The largest absolute Gasteiger partial charge is 0.465 e. The quantitative estimate of drug-likeness (QED) is 0.416. The van der Waals surface area contributed by atoms with Crippen LogP contribution in [0.3, 0.4) is 0 Å². The van der Waals surface area contributed by atoms with Crippen molar-refractivity contribution < 1.29 is 28.2 Å². The van der Waals surface area contributed by atoms with Crippen LogP contribution in [0, 0.1) is 23.1 Å². The fourth-order valence-corrected chi connectivity index (χ4v) is 5.59. The summed E-state index contributed by atoms with van der Waals surface area (Å²) in [6.07, 6.45) is 0.996. The maximum Gasteiger partial charge on any atom is 0.324 e. The molecule has 4 atom stereocenters. The number of fused-ring (bicyclic) bond motifs is 1. The topological polar surface area (TPSA) is 81.7 Å². The van der Waals surface area contributed by atoms with Gasteiger partial charge in [0.05, 0.1) is 19.3 Å². The number of hydrogen-bond donors (Lipinski definition) is 1. The number of ketones is 1. The highest BCUT2D eigenvalue weighted by atomic mass is 35.5. The Kier molecular flexibility index (Phi) is 7.30. The van der Waals surface area contributed by atoms with Gasteiger partial charge in [0.1, 0.15) is 5.82 Å². The van der Waals surface area contributed by atoms with Crippen LogP contribution in [0.15, 0.2) is 18.2 Å². The zero-order chi connectivity index (χ0) is 23.7. The Hall–Kier alpha value is -1.99. The minimum atomic E-state index is -1.71. The van der Waals surface area contributed by atoms with Gasteiger partial charge in [0.25, 0.3) is 0 Å². The molecule has 8 heteroatoms. The van der Waals surface area contributed by atoms with Crippen molar-refractivity contribution in [2.45, 2.75) is 58.4 Å². The number of rotatable bonds is 10. The van der Waals surface area contributed by atoms with Gasteiger partial charge in [0.2, 0.25) is 0 Å². The number of piperidine rings is 1. The summed E-state index contributed by atoms with van der Waals surface area (Å²) in [5.74, 6) is -3.09. The molecule has 1 aromatic carbocycles. The van der Waals surface area contributed by atoms with Crippen LogP contribution in [0.25, 0.3) is 0 Å². The SMILES string of the molecule is CCOC(=O)C(CC)(C(=O)OCC)C(CC)C(=O)C1NC[C@@]2(c3cc(Cl)ccc3F)C[C@@H]12. The Morgan fingerprint density at radius 2 is 1.81 bits per heavy atom. The first-order chi connectivity index (χ1) is 15.2. The molecule has 1 saturated heterocycles. The van der Waals surface area contributed by atoms with E-state index in [9.17, 15) is 18.8 Å². The molecule has 1 heterocycles. The average Bonchev–Trinajstić information content (AvgIpc) is 3.38. The van der Waals surface area contributed by atoms with E-state index in [0.29, 0.717) is 23.6 Å². The maximum atomic E-state index is 14.6. The third kappa shape index (κ3) is 3.83. The molecule has 1 aromatic rings. The molecule has 1 aliphatic heterocycles. The van der Waals surface area contributed by atoms with E-state index in [1.165, 1.54) is 12.1 Å². The molecule has 32 heavy (non-hydrogen) atoms. The van der Waals surface area contributed by atoms with Gasteiger partial charge in [0.15, 0.2) is 11.2 Å². The molecule has 1 N–H and O–H groups in total. The predicted octanol–water partition coefficient (Wildman–Crippen LogP) is 3.83. The molecule has 3 rings (SSSR count). The van der Waals surface area contributed by atoms with Crippen LogP contribution in [0.5, 0.6) is 0 Å². The highest BCUT2D eigenvalue weighted by molar-refractivity contribution is 6.30. The molecule has 0 bridgehead atoms. The van der Waals surface area contributed by atoms with Gasteiger partial charge >= 0.3 is 11.9 Å². The second kappa shape index (κ2) is 9.48. The minimum absolute atomic E-state index is 0.0837. The highest BCUT2D eigenvalue weighted by Crippen LogP contribution is 2.60. The summed E-state index contributed by atoms with van der Waals surface area (Å²) in [6, 6.07) is 3.88. The Morgan fingerprint density at radius 3 is 2.31 bits per heavy atom. The lowest BCUT2D eigenvalue weighted by Crippen LogP contribution is -2.53. The molecule has 1 aliphatic carbocycles. The van der Waals surface area contributed by atoms with Gasteiger partial charge in [-0.1, -0.05) is 25.4 Å². The Morgan fingerprint density at radius 1 is 1.19 bits per heavy atom. The van der Waals surface area contributed by atoms with Crippen LogP contribution < -0.4 is 5.32 Å². The molecule has 2 aliphatic rings. The van der Waals surface area contributed by atoms with Crippen molar-refractivity contribution in [3.8, 4) is 0 Å². The summed E-state index contributed by atoms with van der Waals surface area (Å²) in [4.78, 5) is 39.8. The second-order valence-electron chi connectivity index (χ2n) is 8.58. The number of nitrogens with one attached hydrogen (secondary N) is 1. The number of carbonyl (C=O) groups is 3. The molecule has 0 spiro atoms. The van der Waals surface area contributed by atoms with Gasteiger partial charge in [-0.3, -0.25) is 14.4 Å². The van der Waals surface area contributed by atoms with E-state index in [0.717, 1.165) is 0 Å². The molecule has 2 fully saturated rings. The van der Waals surface area contributed by atoms with E-state index >= 15 is 0 Å². The van der Waals surface area contributed by atoms with E-state index in [1.807, 2.05) is 0 Å². The summed E-state index contributed by atoms with van der Waals surface area (Å²) < 4.78 is 25.1. The molecular weight excluding hydrogens is 437 g/mol. The van der Waals surface area contributed by atoms with E-state index in [1.54, 1.807) is 33.8 Å². The number of carbonyl (C=O) groups excluding carboxylic acids is 3. The molecule has 0 amide bonds. The molecule has 6 nitrogen and oxygen atoms in total. The molecule has 2 unspecified atom stereocenters. The highest BCUT2D eigenvalue weighted by Gasteiger charge is 2.67. The summed E-state index contributed by atoms with van der Waals surface area (Å²) >= 11 is 6.10. The van der Waals surface area contributed by atoms with Gasteiger partial charge in [-0.15, -0.1) is 0 Å². The van der Waals surface area contributed by atoms with E-state index < -0.39 is 34.7 Å². The normalized spacial score (nSPS) is 25.1. The van der Waals surface area contributed by atoms with Gasteiger partial charge in [-0.05, 0) is 62.8 Å². The first-order valence-corrected chi connectivity index (χ1v) is 11.7. The Bertz CT molecular complexity index is 888. The third-order valence-corrected chi connectivity index (χ3v) is 7.36. The van der Waals surface area contributed by atoms with Crippen molar-refractivity contribution in [1.29, 1.82) is 0 Å². The van der Waals surface area contributed by atoms with Crippen molar-refractivity contribution in [2.75, 3.05) is 19.8 Å². The monoisotopic (exact) mass is 467 g/mol. The fraction of sp³-hybridized carbons (Fsp3) is 0.625. The zero-order valence-electron chi connectivity index (χ0n) is 19.0. The number of halogens is 2. The first-order valence-electron chi connectivity index (χ1n) is 11.3. The number of ether oxygens (including phenoxy) is 2. The summed E-state index contributed by atoms with van der Waals surface area (Å²) in [7, 11) is 0. The predicted molar refractivity (Wildman–Crippen MR) is 118 cm³/mol. The van der Waals surface area contributed by atoms with Crippen LogP contribution in [-0.2, 0) is 29.3 Å². The lowest BCUT2D eigenvalue weighted by Gasteiger charge is -2.35. The summed E-state index contributed by atoms with van der Waals surface area (Å²) in [5.41, 5.74) is -1.71. The van der Waals surface area contributed by atoms with Gasteiger partial charge in [-0.2, -0.15) is 0 Å². The molecular formula is C24H31ClFNO5. The van der Waals surface area contributed by atoms with Gasteiger partial charge in [-0.25, -0.2) is 4.39 Å². The van der Waals surface area contributed by atoms with Crippen molar-refractivity contribution >= 4 is 29.3 Å². The zero-order valence-corrected chi connectivity index (χ0v) is 19.8. The van der Waals surface area contributed by atoms with E-state index in [4.69, 9.17) is 21.1 Å². The lowest BCUT2D eigenvalue weighted by atomic mass is 9.68. The molecule has 176 valence electrons. The van der Waals surface area contributed by atoms with Crippen molar-refractivity contribution in [3.05, 3.63) is 34.6 Å². The standard InChI is InChI=1S/C24H31ClFNO5/c1-5-15(24(6-2,21(29)31-7-3)22(30)32-8-4)20(28)19-17-12-23(17,13-27-19)16-11-14(25)9-10-18(16)26/h9-11,15,17,19,27H,5-8,12-13H2,1-4H3/t15?,17-,19?,23+/m0/s1. The summed E-state index contributed by atoms with van der Waals surface area (Å²) in [6.45, 7) is 7.38. The number of esters is 2. The number of Topliss-reactive ketones (excluding diaryl/α,β-unsaturated/α-hetero) is 1. The van der Waals surface area contributed by atoms with Gasteiger partial charge in [0, 0.05) is 22.9 Å². The Balaban J connectivity index is 1.93. The van der Waals surface area contributed by atoms with Crippen molar-refractivity contribution in [3.63, 3.8) is 0 Å². The number of hydrogen-bond acceptors (Lipinski definition) is 6. The molecule has 0 radical (unpaired) electrons. The second-order valence-corrected chi connectivity index (χ2v) is 9.01. The van der Waals surface area contributed by atoms with Crippen LogP contribution in [0.2, 0.25) is 5.02 Å². The van der Waals surface area contributed by atoms with E-state index in [-0.39, 0.29) is 43.6 Å².